The summed E-state index contributed by atoms with van der Waals surface area (Å²) in [6.07, 6.45) is 0.712. The number of halogens is 1. The first-order valence-electron chi connectivity index (χ1n) is 6.03. The van der Waals surface area contributed by atoms with Gasteiger partial charge in [0.25, 0.3) is 5.91 Å². The Balaban J connectivity index is 2.82. The van der Waals surface area contributed by atoms with Crippen molar-refractivity contribution >= 4 is 28.1 Å². The molecule has 0 saturated heterocycles. The summed E-state index contributed by atoms with van der Waals surface area (Å²) in [5, 5.41) is 2.79. The van der Waals surface area contributed by atoms with Crippen molar-refractivity contribution in [3.8, 4) is 11.5 Å². The van der Waals surface area contributed by atoms with E-state index in [4.69, 9.17) is 9.47 Å². The van der Waals surface area contributed by atoms with Gasteiger partial charge in [0, 0.05) is 11.1 Å². The maximum atomic E-state index is 11.7. The van der Waals surface area contributed by atoms with Gasteiger partial charge in [0.05, 0.1) is 11.6 Å². The summed E-state index contributed by atoms with van der Waals surface area (Å²) in [4.78, 5) is 22.5. The molecule has 0 aromatic heterocycles. The number of benzene rings is 1. The first-order chi connectivity index (χ1) is 9.26. The highest BCUT2D eigenvalue weighted by atomic mass is 79.9. The molecule has 0 saturated carbocycles. The van der Waals surface area contributed by atoms with Gasteiger partial charge in [0.1, 0.15) is 6.29 Å². The van der Waals surface area contributed by atoms with Gasteiger partial charge in [-0.3, -0.25) is 9.59 Å². The summed E-state index contributed by atoms with van der Waals surface area (Å²) in [7, 11) is 1.47. The molecule has 1 amide bonds. The third-order valence-electron chi connectivity index (χ3n) is 2.25. The van der Waals surface area contributed by atoms with Crippen LogP contribution in [0, 0.1) is 0 Å². The Morgan fingerprint density at radius 3 is 2.55 bits per heavy atom. The van der Waals surface area contributed by atoms with E-state index in [1.165, 1.54) is 7.11 Å². The Hall–Kier alpha value is -1.56. The van der Waals surface area contributed by atoms with Gasteiger partial charge in [0.15, 0.2) is 18.1 Å². The first-order valence-corrected chi connectivity index (χ1v) is 6.82. The first kappa shape index (κ1) is 16.5. The monoisotopic (exact) mass is 343 g/mol. The van der Waals surface area contributed by atoms with E-state index in [1.54, 1.807) is 12.1 Å². The molecule has 0 heterocycles. The molecule has 0 fully saturated rings. The van der Waals surface area contributed by atoms with E-state index >= 15 is 0 Å². The van der Waals surface area contributed by atoms with Crippen molar-refractivity contribution in [1.29, 1.82) is 0 Å². The Morgan fingerprint density at radius 1 is 1.40 bits per heavy atom. The van der Waals surface area contributed by atoms with Crippen molar-refractivity contribution in [3.05, 3.63) is 22.2 Å². The van der Waals surface area contributed by atoms with Gasteiger partial charge in [-0.2, -0.15) is 0 Å². The minimum absolute atomic E-state index is 0.132. The summed E-state index contributed by atoms with van der Waals surface area (Å²) >= 11 is 3.30. The largest absolute Gasteiger partial charge is 0.493 e. The van der Waals surface area contributed by atoms with Crippen LogP contribution in [0.5, 0.6) is 11.5 Å². The van der Waals surface area contributed by atoms with Crippen LogP contribution in [0.4, 0.5) is 0 Å². The third kappa shape index (κ3) is 4.85. The van der Waals surface area contributed by atoms with Gasteiger partial charge < -0.3 is 14.8 Å². The lowest BCUT2D eigenvalue weighted by Crippen LogP contribution is -2.43. The number of hydrogen-bond donors (Lipinski definition) is 1. The molecule has 0 atom stereocenters. The van der Waals surface area contributed by atoms with Gasteiger partial charge in [-0.25, -0.2) is 0 Å². The normalized spacial score (nSPS) is 10.8. The Kier molecular flexibility index (Phi) is 5.56. The molecule has 0 radical (unpaired) electrons. The van der Waals surface area contributed by atoms with Crippen LogP contribution in [0.25, 0.3) is 0 Å². The fraction of sp³-hybridized carbons (Fsp3) is 0.429. The molecule has 1 rings (SSSR count). The highest BCUT2D eigenvalue weighted by Crippen LogP contribution is 2.36. The molecule has 0 spiro atoms. The van der Waals surface area contributed by atoms with Crippen LogP contribution in [0.1, 0.15) is 31.1 Å². The predicted molar refractivity (Wildman–Crippen MR) is 79.5 cm³/mol. The predicted octanol–water partition coefficient (Wildman–Crippen LogP) is 2.56. The van der Waals surface area contributed by atoms with Crippen molar-refractivity contribution in [2.45, 2.75) is 26.3 Å². The molecule has 0 bridgehead atoms. The summed E-state index contributed by atoms with van der Waals surface area (Å²) in [6.45, 7) is 5.54. The van der Waals surface area contributed by atoms with Crippen LogP contribution in [0.2, 0.25) is 0 Å². The SMILES string of the molecule is COc1cc(C=O)cc(Br)c1OCC(=O)NC(C)(C)C. The molecule has 5 nitrogen and oxygen atoms in total. The molecule has 1 aromatic carbocycles. The molecular weight excluding hydrogens is 326 g/mol. The second-order valence-corrected chi connectivity index (χ2v) is 6.09. The van der Waals surface area contributed by atoms with Crippen LogP contribution in [-0.4, -0.2) is 31.4 Å². The number of aldehydes is 1. The molecule has 0 unspecified atom stereocenters. The van der Waals surface area contributed by atoms with Crippen molar-refractivity contribution in [3.63, 3.8) is 0 Å². The minimum Gasteiger partial charge on any atom is -0.493 e. The summed E-state index contributed by atoms with van der Waals surface area (Å²) < 4.78 is 11.2. The van der Waals surface area contributed by atoms with Crippen LogP contribution in [0.15, 0.2) is 16.6 Å². The molecular formula is C14H18BrNO4. The van der Waals surface area contributed by atoms with E-state index in [1.807, 2.05) is 20.8 Å². The van der Waals surface area contributed by atoms with E-state index in [0.717, 1.165) is 0 Å². The van der Waals surface area contributed by atoms with Crippen LogP contribution in [0.3, 0.4) is 0 Å². The molecule has 6 heteroatoms. The van der Waals surface area contributed by atoms with Crippen molar-refractivity contribution in [2.24, 2.45) is 0 Å². The Bertz CT molecular complexity index is 509. The maximum Gasteiger partial charge on any atom is 0.258 e. The van der Waals surface area contributed by atoms with Gasteiger partial charge in [-0.05, 0) is 48.8 Å². The topological polar surface area (TPSA) is 64.6 Å². The average Bonchev–Trinajstić information content (AvgIpc) is 2.34. The summed E-state index contributed by atoms with van der Waals surface area (Å²) in [6, 6.07) is 3.15. The molecule has 0 aliphatic carbocycles. The fourth-order valence-electron chi connectivity index (χ4n) is 1.54. The van der Waals surface area contributed by atoms with Crippen molar-refractivity contribution in [2.75, 3.05) is 13.7 Å². The lowest BCUT2D eigenvalue weighted by atomic mass is 10.1. The number of carbonyl (C=O) groups excluding carboxylic acids is 2. The van der Waals surface area contributed by atoms with Gasteiger partial charge >= 0.3 is 0 Å². The van der Waals surface area contributed by atoms with Crippen LogP contribution < -0.4 is 14.8 Å². The third-order valence-corrected chi connectivity index (χ3v) is 2.84. The second kappa shape index (κ2) is 6.74. The van der Waals surface area contributed by atoms with E-state index in [0.29, 0.717) is 27.8 Å². The van der Waals surface area contributed by atoms with E-state index < -0.39 is 0 Å². The quantitative estimate of drug-likeness (QED) is 0.834. The highest BCUT2D eigenvalue weighted by molar-refractivity contribution is 9.10. The Morgan fingerprint density at radius 2 is 2.05 bits per heavy atom. The van der Waals surface area contributed by atoms with Gasteiger partial charge in [0.2, 0.25) is 0 Å². The number of carbonyl (C=O) groups is 2. The molecule has 1 N–H and O–H groups in total. The van der Waals surface area contributed by atoms with Crippen LogP contribution >= 0.6 is 15.9 Å². The zero-order chi connectivity index (χ0) is 15.3. The van der Waals surface area contributed by atoms with E-state index in [2.05, 4.69) is 21.2 Å². The second-order valence-electron chi connectivity index (χ2n) is 5.24. The Labute approximate surface area is 126 Å². The number of nitrogens with one attached hydrogen (secondary N) is 1. The summed E-state index contributed by atoms with van der Waals surface area (Å²) in [5.41, 5.74) is 0.142. The van der Waals surface area contributed by atoms with Gasteiger partial charge in [-0.1, -0.05) is 0 Å². The number of rotatable bonds is 5. The number of ether oxygens (including phenoxy) is 2. The standard InChI is InChI=1S/C14H18BrNO4/c1-14(2,3)16-12(18)8-20-13-10(15)5-9(7-17)6-11(13)19-4/h5-7H,8H2,1-4H3,(H,16,18). The fourth-order valence-corrected chi connectivity index (χ4v) is 2.11. The number of amides is 1. The molecule has 1 aromatic rings. The highest BCUT2D eigenvalue weighted by Gasteiger charge is 2.16. The van der Waals surface area contributed by atoms with Crippen molar-refractivity contribution < 1.29 is 19.1 Å². The maximum absolute atomic E-state index is 11.7. The summed E-state index contributed by atoms with van der Waals surface area (Å²) in [5.74, 6) is 0.554. The average molecular weight is 344 g/mol. The van der Waals surface area contributed by atoms with E-state index in [9.17, 15) is 9.59 Å². The van der Waals surface area contributed by atoms with E-state index in [-0.39, 0.29) is 18.1 Å². The number of hydrogen-bond acceptors (Lipinski definition) is 4. The van der Waals surface area contributed by atoms with Crippen molar-refractivity contribution in [1.82, 2.24) is 5.32 Å². The number of methoxy groups -OCH3 is 1. The van der Waals surface area contributed by atoms with Gasteiger partial charge in [-0.15, -0.1) is 0 Å². The lowest BCUT2D eigenvalue weighted by Gasteiger charge is -2.21. The minimum atomic E-state index is -0.316. The molecule has 0 aliphatic rings. The zero-order valence-electron chi connectivity index (χ0n) is 12.0. The molecule has 110 valence electrons. The molecule has 20 heavy (non-hydrogen) atoms. The lowest BCUT2D eigenvalue weighted by molar-refractivity contribution is -0.124. The zero-order valence-corrected chi connectivity index (χ0v) is 13.5. The smallest absolute Gasteiger partial charge is 0.258 e. The van der Waals surface area contributed by atoms with Crippen LogP contribution in [-0.2, 0) is 4.79 Å². The molecule has 0 aliphatic heterocycles.